The number of H-pyrrole nitrogens is 1. The van der Waals surface area contributed by atoms with E-state index >= 15 is 0 Å². The molecule has 0 spiro atoms. The molecule has 0 radical (unpaired) electrons. The number of imidazole rings is 1. The Bertz CT molecular complexity index is 1310. The van der Waals surface area contributed by atoms with E-state index < -0.39 is 0 Å². The van der Waals surface area contributed by atoms with E-state index in [2.05, 4.69) is 9.97 Å². The van der Waals surface area contributed by atoms with Gasteiger partial charge in [0.15, 0.2) is 0 Å². The number of nitrogens with zero attached hydrogens (tertiary/aromatic N) is 2. The van der Waals surface area contributed by atoms with Crippen molar-refractivity contribution < 1.29 is 14.6 Å². The van der Waals surface area contributed by atoms with E-state index in [1.54, 1.807) is 35.2 Å². The summed E-state index contributed by atoms with van der Waals surface area (Å²) in [5.41, 5.74) is 2.02. The number of rotatable bonds is 2. The Kier molecular flexibility index (Phi) is 3.39. The topological polar surface area (TPSA) is 96.2 Å². The van der Waals surface area contributed by atoms with Crippen LogP contribution >= 0.6 is 0 Å². The van der Waals surface area contributed by atoms with Gasteiger partial charge in [-0.3, -0.25) is 5.41 Å². The molecule has 0 bridgehead atoms. The molecular weight excluding hydrogens is 359 g/mol. The van der Waals surface area contributed by atoms with Crippen molar-refractivity contribution in [2.75, 3.05) is 11.4 Å². The summed E-state index contributed by atoms with van der Waals surface area (Å²) < 4.78 is 13.5. The molecule has 2 heterocycles. The molecule has 0 saturated carbocycles. The normalized spacial score (nSPS) is 14.6. The summed E-state index contributed by atoms with van der Waals surface area (Å²) in [6, 6.07) is 14.8. The minimum atomic E-state index is -0.389. The minimum absolute atomic E-state index is 0.00156. The smallest absolute Gasteiger partial charge is 0.145 e. The number of amidine groups is 1. The van der Waals surface area contributed by atoms with Crippen molar-refractivity contribution in [2.45, 2.75) is 0 Å². The molecule has 1 aromatic heterocycles. The zero-order chi connectivity index (χ0) is 19.4. The molecule has 0 saturated heterocycles. The second kappa shape index (κ2) is 5.82. The van der Waals surface area contributed by atoms with Crippen LogP contribution in [-0.4, -0.2) is 32.6 Å². The van der Waals surface area contributed by atoms with E-state index in [0.29, 0.717) is 27.9 Å². The van der Waals surface area contributed by atoms with Gasteiger partial charge in [-0.2, -0.15) is 0 Å². The lowest BCUT2D eigenvalue weighted by molar-refractivity contribution is 0.411. The number of anilines is 1. The van der Waals surface area contributed by atoms with Crippen LogP contribution in [0.4, 0.5) is 10.1 Å². The minimum Gasteiger partial charge on any atom is -0.509 e. The van der Waals surface area contributed by atoms with E-state index in [-0.39, 0.29) is 35.3 Å². The number of nitrogens with one attached hydrogen (secondary N) is 2. The van der Waals surface area contributed by atoms with Crippen molar-refractivity contribution in [1.29, 1.82) is 5.41 Å². The monoisotopic (exact) mass is 374 g/mol. The molecule has 7 heteroatoms. The third kappa shape index (κ3) is 2.33. The maximum absolute atomic E-state index is 13.5. The average Bonchev–Trinajstić information content (AvgIpc) is 3.21. The fraction of sp³-hybridized carbons (Fsp3) is 0.0476. The number of hydrogen-bond donors (Lipinski definition) is 4. The molecule has 0 unspecified atom stereocenters. The Hall–Kier alpha value is -3.87. The molecule has 5 rings (SSSR count). The number of phenols is 1. The molecule has 4 N–H and O–H groups in total. The molecule has 1 aliphatic heterocycles. The Labute approximate surface area is 158 Å². The highest BCUT2D eigenvalue weighted by atomic mass is 19.1. The molecule has 3 aromatic carbocycles. The summed E-state index contributed by atoms with van der Waals surface area (Å²) >= 11 is 0. The third-order valence-corrected chi connectivity index (χ3v) is 4.95. The fourth-order valence-electron chi connectivity index (χ4n) is 3.65. The first-order chi connectivity index (χ1) is 13.5. The van der Waals surface area contributed by atoms with Crippen LogP contribution < -0.4 is 4.90 Å². The lowest BCUT2D eigenvalue weighted by Gasteiger charge is -2.21. The molecule has 0 aliphatic carbocycles. The van der Waals surface area contributed by atoms with Crippen LogP contribution in [0.3, 0.4) is 0 Å². The number of aromatic amines is 1. The van der Waals surface area contributed by atoms with Gasteiger partial charge in [0.25, 0.3) is 0 Å². The molecule has 28 heavy (non-hydrogen) atoms. The number of aliphatic hydroxyl groups excluding tert-OH is 1. The third-order valence-electron chi connectivity index (χ3n) is 4.95. The Morgan fingerprint density at radius 1 is 1.04 bits per heavy atom. The molecule has 4 aromatic rings. The van der Waals surface area contributed by atoms with E-state index in [1.807, 2.05) is 12.1 Å². The lowest BCUT2D eigenvalue weighted by Crippen LogP contribution is -2.26. The number of phenolic OH excluding ortho intramolecular Hbond substituents is 1. The van der Waals surface area contributed by atoms with Crippen LogP contribution in [0.2, 0.25) is 0 Å². The van der Waals surface area contributed by atoms with Crippen molar-refractivity contribution in [3.05, 3.63) is 72.0 Å². The number of halogens is 1. The SMILES string of the molecule is N=C1C(c2nc3ccc(F)cc3[nH]2)=C(O)CN1c1cccc2c(O)cccc12. The van der Waals surface area contributed by atoms with Gasteiger partial charge >= 0.3 is 0 Å². The first kappa shape index (κ1) is 16.3. The van der Waals surface area contributed by atoms with Crippen LogP contribution in [0.15, 0.2) is 60.4 Å². The van der Waals surface area contributed by atoms with Gasteiger partial charge in [-0.1, -0.05) is 24.3 Å². The standard InChI is InChI=1S/C21H15FN4O2/c22-11-7-8-14-15(9-11)25-21(24-14)19-18(28)10-26(20(19)23)16-5-1-4-13-12(16)3-2-6-17(13)27/h1-9,23,27-28H,10H2,(H,24,25). The zero-order valence-corrected chi connectivity index (χ0v) is 14.6. The lowest BCUT2D eigenvalue weighted by atomic mass is 10.1. The highest BCUT2D eigenvalue weighted by Gasteiger charge is 2.32. The van der Waals surface area contributed by atoms with Gasteiger partial charge in [-0.25, -0.2) is 9.37 Å². The summed E-state index contributed by atoms with van der Waals surface area (Å²) in [7, 11) is 0. The van der Waals surface area contributed by atoms with E-state index in [9.17, 15) is 14.6 Å². The average molecular weight is 374 g/mol. The summed E-state index contributed by atoms with van der Waals surface area (Å²) in [5.74, 6) is 0.157. The van der Waals surface area contributed by atoms with Crippen molar-refractivity contribution in [3.63, 3.8) is 0 Å². The Balaban J connectivity index is 1.60. The van der Waals surface area contributed by atoms with Gasteiger partial charge in [0.05, 0.1) is 28.8 Å². The van der Waals surface area contributed by atoms with E-state index in [4.69, 9.17) is 5.41 Å². The Morgan fingerprint density at radius 3 is 2.68 bits per heavy atom. The van der Waals surface area contributed by atoms with E-state index in [1.165, 1.54) is 12.1 Å². The van der Waals surface area contributed by atoms with Gasteiger partial charge in [-0.15, -0.1) is 0 Å². The van der Waals surface area contributed by atoms with Gasteiger partial charge in [0, 0.05) is 10.8 Å². The molecule has 0 amide bonds. The van der Waals surface area contributed by atoms with Crippen LogP contribution in [0, 0.1) is 11.2 Å². The molecule has 138 valence electrons. The van der Waals surface area contributed by atoms with Gasteiger partial charge in [-0.05, 0) is 30.3 Å². The molecule has 1 aliphatic rings. The number of benzene rings is 3. The van der Waals surface area contributed by atoms with Gasteiger partial charge in [0.1, 0.15) is 29.0 Å². The first-order valence-corrected chi connectivity index (χ1v) is 8.68. The number of aromatic nitrogens is 2. The van der Waals surface area contributed by atoms with Crippen LogP contribution in [-0.2, 0) is 0 Å². The molecule has 6 nitrogen and oxygen atoms in total. The van der Waals surface area contributed by atoms with Crippen LogP contribution in [0.25, 0.3) is 27.4 Å². The summed E-state index contributed by atoms with van der Waals surface area (Å²) in [5, 5.41) is 30.7. The van der Waals surface area contributed by atoms with Gasteiger partial charge < -0.3 is 20.1 Å². The van der Waals surface area contributed by atoms with Crippen molar-refractivity contribution >= 4 is 38.9 Å². The second-order valence-corrected chi connectivity index (χ2v) is 6.65. The van der Waals surface area contributed by atoms with Gasteiger partial charge in [0.2, 0.25) is 0 Å². The Morgan fingerprint density at radius 2 is 1.82 bits per heavy atom. The van der Waals surface area contributed by atoms with E-state index in [0.717, 1.165) is 5.39 Å². The fourth-order valence-corrected chi connectivity index (χ4v) is 3.65. The predicted molar refractivity (Wildman–Crippen MR) is 106 cm³/mol. The van der Waals surface area contributed by atoms with Crippen LogP contribution in [0.1, 0.15) is 5.82 Å². The largest absolute Gasteiger partial charge is 0.509 e. The molecule has 0 fully saturated rings. The highest BCUT2D eigenvalue weighted by molar-refractivity contribution is 6.31. The van der Waals surface area contributed by atoms with Crippen LogP contribution in [0.5, 0.6) is 5.75 Å². The van der Waals surface area contributed by atoms with Crippen molar-refractivity contribution in [1.82, 2.24) is 9.97 Å². The number of hydrogen-bond acceptors (Lipinski definition) is 4. The maximum Gasteiger partial charge on any atom is 0.145 e. The maximum atomic E-state index is 13.5. The number of aromatic hydroxyl groups is 1. The van der Waals surface area contributed by atoms with Crippen molar-refractivity contribution in [2.24, 2.45) is 0 Å². The molecule has 0 atom stereocenters. The highest BCUT2D eigenvalue weighted by Crippen LogP contribution is 2.37. The quantitative estimate of drug-likeness (QED) is 0.420. The molecular formula is C21H15FN4O2. The van der Waals surface area contributed by atoms with Crippen molar-refractivity contribution in [3.8, 4) is 5.75 Å². The number of fused-ring (bicyclic) bond motifs is 2. The number of aliphatic hydroxyl groups is 1. The summed E-state index contributed by atoms with van der Waals surface area (Å²) in [4.78, 5) is 9.03. The zero-order valence-electron chi connectivity index (χ0n) is 14.6. The summed E-state index contributed by atoms with van der Waals surface area (Å²) in [6.45, 7) is 0.105. The predicted octanol–water partition coefficient (Wildman–Crippen LogP) is 4.33. The first-order valence-electron chi connectivity index (χ1n) is 8.68. The summed E-state index contributed by atoms with van der Waals surface area (Å²) in [6.07, 6.45) is 0. The second-order valence-electron chi connectivity index (χ2n) is 6.65.